The second kappa shape index (κ2) is 7.93. The van der Waals surface area contributed by atoms with E-state index in [4.69, 9.17) is 11.6 Å². The molecule has 2 N–H and O–H groups in total. The summed E-state index contributed by atoms with van der Waals surface area (Å²) in [5, 5.41) is 13.3. The number of aliphatic hydroxyl groups excluding tert-OH is 1. The molecule has 2 atom stereocenters. The standard InChI is InChI=1S/C15H24ClFN2O/c1-10(2)15(18-8-11(20)9-19(3)4)12-6-5-7-13(16)14(12)17/h5-7,10-11,15,18,20H,8-9H2,1-4H3. The van der Waals surface area contributed by atoms with Crippen LogP contribution in [0.2, 0.25) is 5.02 Å². The summed E-state index contributed by atoms with van der Waals surface area (Å²) in [5.41, 5.74) is 0.546. The van der Waals surface area contributed by atoms with E-state index in [2.05, 4.69) is 5.32 Å². The number of halogens is 2. The first-order chi connectivity index (χ1) is 9.32. The highest BCUT2D eigenvalue weighted by atomic mass is 35.5. The summed E-state index contributed by atoms with van der Waals surface area (Å²) in [7, 11) is 3.81. The van der Waals surface area contributed by atoms with E-state index in [1.165, 1.54) is 0 Å². The molecule has 0 fully saturated rings. The average molecular weight is 303 g/mol. The SMILES string of the molecule is CC(C)C(NCC(O)CN(C)C)c1cccc(Cl)c1F. The van der Waals surface area contributed by atoms with Crippen LogP contribution in [0.1, 0.15) is 25.5 Å². The highest BCUT2D eigenvalue weighted by Crippen LogP contribution is 2.28. The van der Waals surface area contributed by atoms with Gasteiger partial charge in [0.15, 0.2) is 0 Å². The normalized spacial score (nSPS) is 14.8. The number of rotatable bonds is 7. The minimum atomic E-state index is -0.492. The summed E-state index contributed by atoms with van der Waals surface area (Å²) >= 11 is 5.84. The van der Waals surface area contributed by atoms with Crippen LogP contribution in [0.5, 0.6) is 0 Å². The lowest BCUT2D eigenvalue weighted by Gasteiger charge is -2.26. The monoisotopic (exact) mass is 302 g/mol. The molecule has 0 amide bonds. The molecule has 0 heterocycles. The fourth-order valence-electron chi connectivity index (χ4n) is 2.21. The summed E-state index contributed by atoms with van der Waals surface area (Å²) in [6.45, 7) is 5.00. The van der Waals surface area contributed by atoms with Gasteiger partial charge < -0.3 is 15.3 Å². The predicted octanol–water partition coefficient (Wildman–Crippen LogP) is 2.69. The maximum atomic E-state index is 14.1. The molecule has 5 heteroatoms. The molecule has 2 unspecified atom stereocenters. The Labute approximate surface area is 125 Å². The van der Waals surface area contributed by atoms with E-state index in [-0.39, 0.29) is 22.8 Å². The maximum absolute atomic E-state index is 14.1. The number of nitrogens with zero attached hydrogens (tertiary/aromatic N) is 1. The number of hydrogen-bond acceptors (Lipinski definition) is 3. The van der Waals surface area contributed by atoms with Crippen molar-refractivity contribution in [3.8, 4) is 0 Å². The van der Waals surface area contributed by atoms with Crippen molar-refractivity contribution in [3.63, 3.8) is 0 Å². The first-order valence-corrected chi connectivity index (χ1v) is 7.20. The molecule has 0 spiro atoms. The van der Waals surface area contributed by atoms with E-state index in [0.29, 0.717) is 18.7 Å². The number of nitrogens with one attached hydrogen (secondary N) is 1. The molecule has 1 rings (SSSR count). The fourth-order valence-corrected chi connectivity index (χ4v) is 2.40. The summed E-state index contributed by atoms with van der Waals surface area (Å²) in [5.74, 6) is -0.197. The zero-order valence-electron chi connectivity index (χ0n) is 12.5. The Morgan fingerprint density at radius 3 is 2.55 bits per heavy atom. The lowest BCUT2D eigenvalue weighted by molar-refractivity contribution is 0.128. The van der Waals surface area contributed by atoms with Crippen LogP contribution in [0.25, 0.3) is 0 Å². The number of likely N-dealkylation sites (N-methyl/N-ethyl adjacent to an activating group) is 1. The van der Waals surface area contributed by atoms with Gasteiger partial charge in [0.2, 0.25) is 0 Å². The third-order valence-corrected chi connectivity index (χ3v) is 3.42. The molecule has 0 saturated heterocycles. The van der Waals surface area contributed by atoms with Crippen LogP contribution in [0, 0.1) is 11.7 Å². The number of benzene rings is 1. The predicted molar refractivity (Wildman–Crippen MR) is 81.6 cm³/mol. The van der Waals surface area contributed by atoms with Gasteiger partial charge in [-0.25, -0.2) is 4.39 Å². The number of hydrogen-bond donors (Lipinski definition) is 2. The molecule has 1 aromatic carbocycles. The Morgan fingerprint density at radius 1 is 1.35 bits per heavy atom. The highest BCUT2D eigenvalue weighted by Gasteiger charge is 2.21. The molecular weight excluding hydrogens is 279 g/mol. The van der Waals surface area contributed by atoms with Crippen LogP contribution >= 0.6 is 11.6 Å². The zero-order chi connectivity index (χ0) is 15.3. The van der Waals surface area contributed by atoms with Crippen LogP contribution in [-0.4, -0.2) is 43.3 Å². The molecule has 0 aliphatic rings. The summed E-state index contributed by atoms with van der Waals surface area (Å²) in [4.78, 5) is 1.91. The van der Waals surface area contributed by atoms with Crippen LogP contribution in [0.4, 0.5) is 4.39 Å². The molecule has 0 aliphatic carbocycles. The van der Waals surface area contributed by atoms with Gasteiger partial charge in [0.05, 0.1) is 11.1 Å². The van der Waals surface area contributed by atoms with Crippen LogP contribution < -0.4 is 5.32 Å². The first kappa shape index (κ1) is 17.4. The van der Waals surface area contributed by atoms with Crippen molar-refractivity contribution >= 4 is 11.6 Å². The third kappa shape index (κ3) is 5.02. The molecule has 0 saturated carbocycles. The first-order valence-electron chi connectivity index (χ1n) is 6.83. The number of aliphatic hydroxyl groups is 1. The molecule has 0 aromatic heterocycles. The second-order valence-electron chi connectivity index (χ2n) is 5.69. The quantitative estimate of drug-likeness (QED) is 0.813. The van der Waals surface area contributed by atoms with Crippen molar-refractivity contribution in [1.29, 1.82) is 0 Å². The zero-order valence-corrected chi connectivity index (χ0v) is 13.3. The van der Waals surface area contributed by atoms with Crippen molar-refractivity contribution in [1.82, 2.24) is 10.2 Å². The van der Waals surface area contributed by atoms with Crippen LogP contribution in [0.15, 0.2) is 18.2 Å². The van der Waals surface area contributed by atoms with Gasteiger partial charge in [-0.05, 0) is 26.1 Å². The lowest BCUT2D eigenvalue weighted by Crippen LogP contribution is -2.38. The average Bonchev–Trinajstić information content (AvgIpc) is 2.33. The van der Waals surface area contributed by atoms with Crippen molar-refractivity contribution in [2.24, 2.45) is 5.92 Å². The molecule has 1 aromatic rings. The van der Waals surface area contributed by atoms with Crippen molar-refractivity contribution in [3.05, 3.63) is 34.6 Å². The van der Waals surface area contributed by atoms with E-state index < -0.39 is 6.10 Å². The second-order valence-corrected chi connectivity index (χ2v) is 6.10. The van der Waals surface area contributed by atoms with E-state index >= 15 is 0 Å². The van der Waals surface area contributed by atoms with Crippen LogP contribution in [0.3, 0.4) is 0 Å². The topological polar surface area (TPSA) is 35.5 Å². The van der Waals surface area contributed by atoms with Gasteiger partial charge in [0, 0.05) is 24.7 Å². The van der Waals surface area contributed by atoms with Gasteiger partial charge in [-0.1, -0.05) is 37.6 Å². The van der Waals surface area contributed by atoms with Gasteiger partial charge in [0.1, 0.15) is 5.82 Å². The van der Waals surface area contributed by atoms with Gasteiger partial charge in [-0.15, -0.1) is 0 Å². The largest absolute Gasteiger partial charge is 0.390 e. The highest BCUT2D eigenvalue weighted by molar-refractivity contribution is 6.30. The van der Waals surface area contributed by atoms with Gasteiger partial charge in [-0.2, -0.15) is 0 Å². The molecular formula is C15H24ClFN2O. The molecule has 3 nitrogen and oxygen atoms in total. The van der Waals surface area contributed by atoms with Gasteiger partial charge >= 0.3 is 0 Å². The fraction of sp³-hybridized carbons (Fsp3) is 0.600. The minimum absolute atomic E-state index is 0.129. The van der Waals surface area contributed by atoms with E-state index in [9.17, 15) is 9.50 Å². The molecule has 0 aliphatic heterocycles. The van der Waals surface area contributed by atoms with Crippen molar-refractivity contribution < 1.29 is 9.50 Å². The minimum Gasteiger partial charge on any atom is -0.390 e. The van der Waals surface area contributed by atoms with Crippen LogP contribution in [-0.2, 0) is 0 Å². The molecule has 0 bridgehead atoms. The summed E-state index contributed by atoms with van der Waals surface area (Å²) in [6, 6.07) is 4.84. The third-order valence-electron chi connectivity index (χ3n) is 3.13. The van der Waals surface area contributed by atoms with E-state index in [0.717, 1.165) is 0 Å². The van der Waals surface area contributed by atoms with Gasteiger partial charge in [0.25, 0.3) is 0 Å². The lowest BCUT2D eigenvalue weighted by atomic mass is 9.95. The Morgan fingerprint density at radius 2 is 2.00 bits per heavy atom. The van der Waals surface area contributed by atoms with Crippen molar-refractivity contribution in [2.75, 3.05) is 27.2 Å². The van der Waals surface area contributed by atoms with E-state index in [1.807, 2.05) is 32.8 Å². The smallest absolute Gasteiger partial charge is 0.146 e. The molecule has 0 radical (unpaired) electrons. The van der Waals surface area contributed by atoms with E-state index in [1.54, 1.807) is 18.2 Å². The Bertz CT molecular complexity index is 426. The Hall–Kier alpha value is -0.680. The summed E-state index contributed by atoms with van der Waals surface area (Å²) in [6.07, 6.45) is -0.492. The van der Waals surface area contributed by atoms with Crippen molar-refractivity contribution in [2.45, 2.75) is 26.0 Å². The summed E-state index contributed by atoms with van der Waals surface area (Å²) < 4.78 is 14.1. The Kier molecular flexibility index (Phi) is 6.89. The maximum Gasteiger partial charge on any atom is 0.146 e. The molecule has 20 heavy (non-hydrogen) atoms. The molecule has 114 valence electrons. The Balaban J connectivity index is 2.77. The van der Waals surface area contributed by atoms with Gasteiger partial charge in [-0.3, -0.25) is 0 Å².